The van der Waals surface area contributed by atoms with E-state index in [1.807, 2.05) is 0 Å². The van der Waals surface area contributed by atoms with Crippen LogP contribution >= 0.6 is 23.2 Å². The zero-order chi connectivity index (χ0) is 22.4. The molecule has 0 unspecified atom stereocenters. The summed E-state index contributed by atoms with van der Waals surface area (Å²) in [6, 6.07) is 6.76. The highest BCUT2D eigenvalue weighted by molar-refractivity contribution is 7.86. The van der Waals surface area contributed by atoms with Gasteiger partial charge in [-0.15, -0.1) is 0 Å². The summed E-state index contributed by atoms with van der Waals surface area (Å²) in [7, 11) is -8.23. The normalized spacial score (nSPS) is 11.4. The van der Waals surface area contributed by atoms with Crippen LogP contribution in [0.1, 0.15) is 6.42 Å². The Balaban J connectivity index is 0.000000308. The summed E-state index contributed by atoms with van der Waals surface area (Å²) in [6.45, 7) is 0.102. The van der Waals surface area contributed by atoms with Crippen LogP contribution in [-0.2, 0) is 20.2 Å². The molecule has 0 heterocycles. The van der Waals surface area contributed by atoms with Crippen LogP contribution in [-0.4, -0.2) is 38.3 Å². The molecule has 29 heavy (non-hydrogen) atoms. The number of nitrogen functional groups attached to an aromatic ring is 3. The minimum atomic E-state index is -4.27. The number of nitrogens with two attached hydrogens (primary N) is 3. The van der Waals surface area contributed by atoms with Crippen molar-refractivity contribution in [2.24, 2.45) is 0 Å². The first kappa shape index (κ1) is 25.1. The standard InChI is InChI=1S/C9H13ClN2O4S.C6H6ClNO3S/c10-6-4-8(12)9(5-7(6)11)16-2-1-3-17(13,14)15;7-5-2-1-4(8)3-6(5)12(9,10)11/h4-5H,1-3,11-12H2,(H,13,14,15);1-3H,8H2,(H,9,10,11). The van der Waals surface area contributed by atoms with Gasteiger partial charge in [0.1, 0.15) is 10.6 Å². The molecule has 162 valence electrons. The maximum Gasteiger partial charge on any atom is 0.296 e. The largest absolute Gasteiger partial charge is 0.491 e. The topological polar surface area (TPSA) is 196 Å². The second kappa shape index (κ2) is 10.2. The van der Waals surface area contributed by atoms with E-state index >= 15 is 0 Å². The molecule has 14 heteroatoms. The first-order valence-electron chi connectivity index (χ1n) is 7.65. The monoisotopic (exact) mass is 487 g/mol. The average molecular weight is 488 g/mol. The van der Waals surface area contributed by atoms with Gasteiger partial charge in [0.15, 0.2) is 0 Å². The molecular formula is C15H19Cl2N3O7S2. The number of hydrogen-bond acceptors (Lipinski definition) is 8. The van der Waals surface area contributed by atoms with Gasteiger partial charge in [0.2, 0.25) is 0 Å². The summed E-state index contributed by atoms with van der Waals surface area (Å²) in [5, 5.41) is 0.277. The van der Waals surface area contributed by atoms with Gasteiger partial charge in [-0.05, 0) is 30.7 Å². The Hall–Kier alpha value is -1.96. The van der Waals surface area contributed by atoms with Crippen molar-refractivity contribution in [1.82, 2.24) is 0 Å². The Morgan fingerprint density at radius 2 is 1.52 bits per heavy atom. The smallest absolute Gasteiger partial charge is 0.296 e. The zero-order valence-corrected chi connectivity index (χ0v) is 17.9. The van der Waals surface area contributed by atoms with E-state index in [2.05, 4.69) is 0 Å². The molecule has 0 fully saturated rings. The van der Waals surface area contributed by atoms with Crippen molar-refractivity contribution in [3.8, 4) is 5.75 Å². The molecule has 0 aliphatic rings. The average Bonchev–Trinajstić information content (AvgIpc) is 2.57. The van der Waals surface area contributed by atoms with E-state index in [0.29, 0.717) is 22.1 Å². The van der Waals surface area contributed by atoms with Crippen molar-refractivity contribution >= 4 is 60.5 Å². The van der Waals surface area contributed by atoms with Crippen LogP contribution in [0.25, 0.3) is 0 Å². The van der Waals surface area contributed by atoms with E-state index in [9.17, 15) is 16.8 Å². The number of rotatable bonds is 6. The molecule has 0 aromatic heterocycles. The molecule has 0 radical (unpaired) electrons. The van der Waals surface area contributed by atoms with Crippen molar-refractivity contribution in [3.63, 3.8) is 0 Å². The third kappa shape index (κ3) is 8.94. The van der Waals surface area contributed by atoms with Crippen LogP contribution in [0.2, 0.25) is 10.0 Å². The van der Waals surface area contributed by atoms with Crippen molar-refractivity contribution < 1.29 is 30.7 Å². The highest BCUT2D eigenvalue weighted by atomic mass is 35.5. The lowest BCUT2D eigenvalue weighted by Gasteiger charge is -2.10. The summed E-state index contributed by atoms with van der Waals surface area (Å²) in [5.74, 6) is -0.0297. The molecule has 0 aliphatic carbocycles. The van der Waals surface area contributed by atoms with E-state index < -0.39 is 20.2 Å². The molecule has 0 aliphatic heterocycles. The first-order chi connectivity index (χ1) is 13.2. The number of benzene rings is 2. The van der Waals surface area contributed by atoms with Gasteiger partial charge in [0.25, 0.3) is 20.2 Å². The molecule has 2 aromatic rings. The van der Waals surface area contributed by atoms with Crippen molar-refractivity contribution in [2.45, 2.75) is 11.3 Å². The Labute approximate surface area is 178 Å². The highest BCUT2D eigenvalue weighted by Crippen LogP contribution is 2.30. The van der Waals surface area contributed by atoms with Gasteiger partial charge in [-0.3, -0.25) is 9.11 Å². The maximum absolute atomic E-state index is 10.6. The van der Waals surface area contributed by atoms with Gasteiger partial charge < -0.3 is 21.9 Å². The number of ether oxygens (including phenoxy) is 1. The van der Waals surface area contributed by atoms with E-state index in [4.69, 9.17) is 54.2 Å². The minimum Gasteiger partial charge on any atom is -0.491 e. The predicted molar refractivity (Wildman–Crippen MR) is 112 cm³/mol. The second-order valence-corrected chi connectivity index (χ2v) is 9.34. The number of halogens is 2. The Kier molecular flexibility index (Phi) is 8.81. The van der Waals surface area contributed by atoms with Gasteiger partial charge in [0.05, 0.1) is 33.8 Å². The molecule has 2 rings (SSSR count). The van der Waals surface area contributed by atoms with E-state index in [0.717, 1.165) is 6.07 Å². The fraction of sp³-hybridized carbons (Fsp3) is 0.200. The van der Waals surface area contributed by atoms with E-state index in [1.165, 1.54) is 24.3 Å². The van der Waals surface area contributed by atoms with Crippen LogP contribution in [0, 0.1) is 0 Å². The predicted octanol–water partition coefficient (Wildman–Crippen LogP) is 2.33. The van der Waals surface area contributed by atoms with Crippen LogP contribution in [0.15, 0.2) is 35.2 Å². The van der Waals surface area contributed by atoms with E-state index in [1.54, 1.807) is 0 Å². The van der Waals surface area contributed by atoms with E-state index in [-0.39, 0.29) is 34.4 Å². The molecule has 8 N–H and O–H groups in total. The lowest BCUT2D eigenvalue weighted by atomic mass is 10.2. The molecule has 0 atom stereocenters. The minimum absolute atomic E-state index is 0.0494. The van der Waals surface area contributed by atoms with Gasteiger partial charge in [-0.1, -0.05) is 23.2 Å². The molecule has 2 aromatic carbocycles. The summed E-state index contributed by atoms with van der Waals surface area (Å²) in [6.07, 6.45) is 0.154. The Morgan fingerprint density at radius 3 is 2.03 bits per heavy atom. The van der Waals surface area contributed by atoms with Crippen LogP contribution < -0.4 is 21.9 Å². The quantitative estimate of drug-likeness (QED) is 0.229. The van der Waals surface area contributed by atoms with Gasteiger partial charge in [0, 0.05) is 11.8 Å². The third-order valence-corrected chi connectivity index (χ3v) is 5.63. The Morgan fingerprint density at radius 1 is 0.897 bits per heavy atom. The fourth-order valence-corrected chi connectivity index (χ4v) is 3.51. The zero-order valence-electron chi connectivity index (χ0n) is 14.7. The summed E-state index contributed by atoms with van der Waals surface area (Å²) in [4.78, 5) is -0.371. The Bertz CT molecular complexity index is 1080. The SMILES string of the molecule is Nc1cc(OCCCS(=O)(=O)O)c(N)cc1Cl.Nc1ccc(Cl)c(S(=O)(=O)O)c1. The molecule has 0 saturated heterocycles. The van der Waals surface area contributed by atoms with Gasteiger partial charge in [-0.25, -0.2) is 0 Å². The molecule has 0 bridgehead atoms. The first-order valence-corrected chi connectivity index (χ1v) is 11.5. The van der Waals surface area contributed by atoms with Crippen molar-refractivity contribution in [1.29, 1.82) is 0 Å². The third-order valence-electron chi connectivity index (χ3n) is 3.17. The van der Waals surface area contributed by atoms with Gasteiger partial charge in [-0.2, -0.15) is 16.8 Å². The molecular weight excluding hydrogens is 469 g/mol. The lowest BCUT2D eigenvalue weighted by molar-refractivity contribution is 0.318. The summed E-state index contributed by atoms with van der Waals surface area (Å²) in [5.41, 5.74) is 17.3. The van der Waals surface area contributed by atoms with Crippen molar-refractivity contribution in [2.75, 3.05) is 29.6 Å². The van der Waals surface area contributed by atoms with Crippen LogP contribution in [0.5, 0.6) is 5.75 Å². The maximum atomic E-state index is 10.6. The molecule has 0 spiro atoms. The molecule has 0 saturated carbocycles. The van der Waals surface area contributed by atoms with Crippen LogP contribution in [0.3, 0.4) is 0 Å². The summed E-state index contributed by atoms with van der Waals surface area (Å²) < 4.78 is 64.5. The second-order valence-electron chi connectivity index (χ2n) is 5.56. The fourth-order valence-electron chi connectivity index (χ4n) is 1.85. The molecule has 10 nitrogen and oxygen atoms in total. The summed E-state index contributed by atoms with van der Waals surface area (Å²) >= 11 is 11.2. The highest BCUT2D eigenvalue weighted by Gasteiger charge is 2.14. The lowest BCUT2D eigenvalue weighted by Crippen LogP contribution is -2.09. The van der Waals surface area contributed by atoms with Crippen LogP contribution in [0.4, 0.5) is 17.1 Å². The molecule has 0 amide bonds. The van der Waals surface area contributed by atoms with Crippen molar-refractivity contribution in [3.05, 3.63) is 40.4 Å². The number of anilines is 3. The number of hydrogen-bond donors (Lipinski definition) is 5. The van der Waals surface area contributed by atoms with Gasteiger partial charge >= 0.3 is 0 Å².